The zero-order valence-corrected chi connectivity index (χ0v) is 14.7. The number of carbonyl (C=O) groups excluding carboxylic acids is 1. The van der Waals surface area contributed by atoms with Gasteiger partial charge in [-0.3, -0.25) is 4.79 Å². The summed E-state index contributed by atoms with van der Waals surface area (Å²) in [6, 6.07) is 9.05. The number of aromatic nitrogens is 1. The predicted octanol–water partition coefficient (Wildman–Crippen LogP) is -1.51. The number of nitrogens with one attached hydrogen (secondary N) is 1. The van der Waals surface area contributed by atoms with E-state index < -0.39 is 0 Å². The first-order chi connectivity index (χ1) is 10.8. The molecule has 6 nitrogen and oxygen atoms in total. The second kappa shape index (κ2) is 7.91. The highest BCUT2D eigenvalue weighted by atomic mass is 127. The van der Waals surface area contributed by atoms with Gasteiger partial charge in [0.2, 0.25) is 6.79 Å². The molecule has 0 atom stereocenters. The van der Waals surface area contributed by atoms with Crippen LogP contribution in [0.25, 0.3) is 0 Å². The first-order valence-corrected chi connectivity index (χ1v) is 6.98. The largest absolute Gasteiger partial charge is 1.00 e. The topological polar surface area (TPSA) is 63.8 Å². The quantitative estimate of drug-likeness (QED) is 0.281. The SMILES string of the molecule is CC[n+]1cccc(C(=O)N/N=C/c2ccc3c(c2)OCO3)c1.[I-]. The molecule has 2 aromatic rings. The second-order valence-electron chi connectivity index (χ2n) is 4.73. The Hall–Kier alpha value is -2.16. The zero-order valence-electron chi connectivity index (χ0n) is 12.5. The van der Waals surface area contributed by atoms with Crippen LogP contribution in [-0.2, 0) is 6.54 Å². The average Bonchev–Trinajstić information content (AvgIpc) is 3.02. The smallest absolute Gasteiger partial charge is 0.277 e. The maximum absolute atomic E-state index is 12.0. The monoisotopic (exact) mass is 425 g/mol. The van der Waals surface area contributed by atoms with Crippen molar-refractivity contribution in [3.8, 4) is 11.5 Å². The highest BCUT2D eigenvalue weighted by molar-refractivity contribution is 5.94. The van der Waals surface area contributed by atoms with E-state index in [-0.39, 0.29) is 36.7 Å². The van der Waals surface area contributed by atoms with Crippen LogP contribution in [0.2, 0.25) is 0 Å². The lowest BCUT2D eigenvalue weighted by atomic mass is 10.2. The number of hydrogen-bond acceptors (Lipinski definition) is 4. The number of fused-ring (bicyclic) bond motifs is 1. The number of nitrogens with zero attached hydrogens (tertiary/aromatic N) is 2. The summed E-state index contributed by atoms with van der Waals surface area (Å²) in [6.07, 6.45) is 5.26. The van der Waals surface area contributed by atoms with Crippen LogP contribution in [0.3, 0.4) is 0 Å². The molecule has 2 heterocycles. The molecular formula is C16H16IN3O3. The van der Waals surface area contributed by atoms with Crippen molar-refractivity contribution in [2.75, 3.05) is 6.79 Å². The van der Waals surface area contributed by atoms with Gasteiger partial charge >= 0.3 is 0 Å². The normalized spacial score (nSPS) is 12.0. The summed E-state index contributed by atoms with van der Waals surface area (Å²) in [7, 11) is 0. The van der Waals surface area contributed by atoms with E-state index in [1.54, 1.807) is 18.5 Å². The van der Waals surface area contributed by atoms with Gasteiger partial charge in [0.05, 0.1) is 6.21 Å². The number of carbonyl (C=O) groups is 1. The van der Waals surface area contributed by atoms with Gasteiger partial charge in [0, 0.05) is 6.07 Å². The standard InChI is InChI=1S/C16H15N3O3.HI/c1-2-19-7-3-4-13(10-19)16(20)18-17-9-12-5-6-14-15(8-12)22-11-21-14;/h3-10H,2,11H2,1H3;1H/b17-9+;. The van der Waals surface area contributed by atoms with E-state index in [0.717, 1.165) is 17.9 Å². The molecule has 1 aromatic carbocycles. The first-order valence-electron chi connectivity index (χ1n) is 6.98. The maximum atomic E-state index is 12.0. The van der Waals surface area contributed by atoms with Crippen molar-refractivity contribution in [1.82, 2.24) is 5.43 Å². The van der Waals surface area contributed by atoms with Gasteiger partial charge in [-0.1, -0.05) is 0 Å². The molecule has 120 valence electrons. The molecule has 23 heavy (non-hydrogen) atoms. The molecule has 3 rings (SSSR count). The fraction of sp³-hybridized carbons (Fsp3) is 0.188. The lowest BCUT2D eigenvalue weighted by Gasteiger charge is -2.00. The molecule has 0 radical (unpaired) electrons. The van der Waals surface area contributed by atoms with Crippen LogP contribution in [0, 0.1) is 0 Å². The third-order valence-electron chi connectivity index (χ3n) is 3.26. The molecule has 0 unspecified atom stereocenters. The van der Waals surface area contributed by atoms with Gasteiger partial charge in [-0.2, -0.15) is 5.10 Å². The molecule has 0 saturated heterocycles. The van der Waals surface area contributed by atoms with Crippen molar-refractivity contribution in [1.29, 1.82) is 0 Å². The van der Waals surface area contributed by atoms with Gasteiger partial charge in [0.15, 0.2) is 23.9 Å². The summed E-state index contributed by atoms with van der Waals surface area (Å²) in [5.41, 5.74) is 3.89. The Balaban J connectivity index is 0.00000192. The molecule has 1 aliphatic heterocycles. The van der Waals surface area contributed by atoms with E-state index in [9.17, 15) is 4.79 Å². The van der Waals surface area contributed by atoms with Crippen LogP contribution in [-0.4, -0.2) is 18.9 Å². The fourth-order valence-corrected chi connectivity index (χ4v) is 2.08. The van der Waals surface area contributed by atoms with Gasteiger partial charge in [0.25, 0.3) is 5.91 Å². The van der Waals surface area contributed by atoms with Crippen LogP contribution in [0.1, 0.15) is 22.8 Å². The highest BCUT2D eigenvalue weighted by Gasteiger charge is 2.12. The van der Waals surface area contributed by atoms with E-state index in [2.05, 4.69) is 10.5 Å². The lowest BCUT2D eigenvalue weighted by Crippen LogP contribution is -3.00. The summed E-state index contributed by atoms with van der Waals surface area (Å²) in [5.74, 6) is 1.15. The first kappa shape index (κ1) is 17.2. The van der Waals surface area contributed by atoms with E-state index >= 15 is 0 Å². The number of halogens is 1. The molecule has 1 amide bonds. The van der Waals surface area contributed by atoms with Crippen molar-refractivity contribution in [3.63, 3.8) is 0 Å². The Morgan fingerprint density at radius 1 is 1.35 bits per heavy atom. The Kier molecular flexibility index (Phi) is 5.91. The molecule has 1 aliphatic rings. The van der Waals surface area contributed by atoms with Crippen molar-refractivity contribution >= 4 is 12.1 Å². The van der Waals surface area contributed by atoms with E-state index in [4.69, 9.17) is 9.47 Å². The second-order valence-corrected chi connectivity index (χ2v) is 4.73. The molecular weight excluding hydrogens is 409 g/mol. The molecule has 0 bridgehead atoms. The number of benzene rings is 1. The van der Waals surface area contributed by atoms with Crippen LogP contribution in [0.15, 0.2) is 47.8 Å². The van der Waals surface area contributed by atoms with Gasteiger partial charge in [-0.15, -0.1) is 0 Å². The van der Waals surface area contributed by atoms with Crippen molar-refractivity contribution in [3.05, 3.63) is 53.9 Å². The predicted molar refractivity (Wildman–Crippen MR) is 79.9 cm³/mol. The third-order valence-corrected chi connectivity index (χ3v) is 3.26. The number of ether oxygens (including phenoxy) is 2. The van der Waals surface area contributed by atoms with Crippen LogP contribution in [0.4, 0.5) is 0 Å². The van der Waals surface area contributed by atoms with Crippen LogP contribution < -0.4 is 43.4 Å². The summed E-state index contributed by atoms with van der Waals surface area (Å²) < 4.78 is 12.5. The molecule has 0 fully saturated rings. The summed E-state index contributed by atoms with van der Waals surface area (Å²) >= 11 is 0. The third kappa shape index (κ3) is 4.19. The maximum Gasteiger partial charge on any atom is 0.277 e. The van der Waals surface area contributed by atoms with Crippen LogP contribution in [0.5, 0.6) is 11.5 Å². The van der Waals surface area contributed by atoms with Crippen molar-refractivity contribution in [2.45, 2.75) is 13.5 Å². The fourth-order valence-electron chi connectivity index (χ4n) is 2.08. The number of hydrazone groups is 1. The van der Waals surface area contributed by atoms with Gasteiger partial charge in [0.1, 0.15) is 12.1 Å². The van der Waals surface area contributed by atoms with Gasteiger partial charge in [-0.05, 0) is 36.8 Å². The number of rotatable bonds is 4. The number of pyridine rings is 1. The summed E-state index contributed by atoms with van der Waals surface area (Å²) in [4.78, 5) is 12.0. The minimum absolute atomic E-state index is 0. The number of amides is 1. The van der Waals surface area contributed by atoms with Gasteiger partial charge in [-0.25, -0.2) is 9.99 Å². The molecule has 1 aromatic heterocycles. The average molecular weight is 425 g/mol. The van der Waals surface area contributed by atoms with Crippen molar-refractivity contribution in [2.24, 2.45) is 5.10 Å². The van der Waals surface area contributed by atoms with Gasteiger partial charge < -0.3 is 33.5 Å². The van der Waals surface area contributed by atoms with E-state index in [0.29, 0.717) is 11.3 Å². The zero-order chi connectivity index (χ0) is 15.4. The molecule has 1 N–H and O–H groups in total. The Labute approximate surface area is 151 Å². The lowest BCUT2D eigenvalue weighted by molar-refractivity contribution is -0.693. The Bertz CT molecular complexity index is 734. The highest BCUT2D eigenvalue weighted by Crippen LogP contribution is 2.31. The van der Waals surface area contributed by atoms with E-state index in [1.165, 1.54) is 0 Å². The molecule has 0 spiro atoms. The Morgan fingerprint density at radius 2 is 2.17 bits per heavy atom. The number of hydrogen-bond donors (Lipinski definition) is 1. The minimum atomic E-state index is -0.250. The summed E-state index contributed by atoms with van der Waals surface area (Å²) in [5, 5.41) is 3.97. The molecule has 7 heteroatoms. The van der Waals surface area contributed by atoms with Crippen molar-refractivity contribution < 1.29 is 42.8 Å². The molecule has 0 saturated carbocycles. The van der Waals surface area contributed by atoms with Crippen LogP contribution >= 0.6 is 0 Å². The summed E-state index contributed by atoms with van der Waals surface area (Å²) in [6.45, 7) is 3.05. The number of aryl methyl sites for hydroxylation is 1. The minimum Gasteiger partial charge on any atom is -1.00 e. The van der Waals surface area contributed by atoms with E-state index in [1.807, 2.05) is 42.0 Å². The molecule has 0 aliphatic carbocycles. The Morgan fingerprint density at radius 3 is 3.00 bits per heavy atom.